The van der Waals surface area contributed by atoms with Crippen LogP contribution in [0.25, 0.3) is 0 Å². The topological polar surface area (TPSA) is 80.1 Å². The minimum atomic E-state index is -0.448. The molecule has 1 heterocycles. The molecule has 0 radical (unpaired) electrons. The van der Waals surface area contributed by atoms with E-state index in [0.29, 0.717) is 28.9 Å². The summed E-state index contributed by atoms with van der Waals surface area (Å²) in [5.74, 6) is 0.830. The van der Waals surface area contributed by atoms with Gasteiger partial charge in [-0.25, -0.2) is 4.98 Å². The summed E-state index contributed by atoms with van der Waals surface area (Å²) < 4.78 is 0. The van der Waals surface area contributed by atoms with Crippen molar-refractivity contribution in [3.63, 3.8) is 0 Å². The molecule has 1 aromatic heterocycles. The van der Waals surface area contributed by atoms with E-state index in [4.69, 9.17) is 11.6 Å². The summed E-state index contributed by atoms with van der Waals surface area (Å²) in [5.41, 5.74) is 0.617. The van der Waals surface area contributed by atoms with E-state index in [1.165, 1.54) is 12.1 Å². The maximum Gasteiger partial charge on any atom is 0.276 e. The fourth-order valence-electron chi connectivity index (χ4n) is 1.73. The predicted octanol–water partition coefficient (Wildman–Crippen LogP) is 4.21. The van der Waals surface area contributed by atoms with Crippen molar-refractivity contribution in [2.24, 2.45) is 0 Å². The largest absolute Gasteiger partial charge is 0.370 e. The van der Waals surface area contributed by atoms with Crippen LogP contribution in [0.15, 0.2) is 36.4 Å². The summed E-state index contributed by atoms with van der Waals surface area (Å²) >= 11 is 6.06. The lowest BCUT2D eigenvalue weighted by Gasteiger charge is -2.10. The molecule has 0 saturated heterocycles. The summed E-state index contributed by atoms with van der Waals surface area (Å²) in [7, 11) is 0. The van der Waals surface area contributed by atoms with Gasteiger partial charge in [0.2, 0.25) is 0 Å². The van der Waals surface area contributed by atoms with Crippen molar-refractivity contribution >= 4 is 34.6 Å². The second kappa shape index (κ2) is 6.90. The molecule has 0 spiro atoms. The lowest BCUT2D eigenvalue weighted by atomic mass is 10.3. The van der Waals surface area contributed by atoms with Gasteiger partial charge in [-0.1, -0.05) is 30.7 Å². The molecule has 0 amide bonds. The Morgan fingerprint density at radius 1 is 1.29 bits per heavy atom. The molecule has 1 aromatic carbocycles. The molecule has 0 aliphatic heterocycles. The summed E-state index contributed by atoms with van der Waals surface area (Å²) in [4.78, 5) is 14.9. The van der Waals surface area contributed by atoms with Crippen molar-refractivity contribution in [1.82, 2.24) is 4.98 Å². The molecule has 2 aromatic rings. The van der Waals surface area contributed by atoms with Crippen LogP contribution in [0, 0.1) is 10.1 Å². The lowest BCUT2D eigenvalue weighted by Crippen LogP contribution is -2.05. The van der Waals surface area contributed by atoms with Crippen LogP contribution in [0.1, 0.15) is 13.3 Å². The van der Waals surface area contributed by atoms with E-state index in [2.05, 4.69) is 15.6 Å². The maximum atomic E-state index is 11.0. The van der Waals surface area contributed by atoms with Gasteiger partial charge in [0.05, 0.1) is 27.8 Å². The third kappa shape index (κ3) is 4.06. The van der Waals surface area contributed by atoms with Gasteiger partial charge in [-0.05, 0) is 18.6 Å². The Kier molecular flexibility index (Phi) is 4.94. The SMILES string of the molecule is CCCNc1cc([N+](=O)[O-])cc(Nc2ccccc2Cl)n1. The minimum absolute atomic E-state index is 0.0295. The van der Waals surface area contributed by atoms with Gasteiger partial charge in [0.15, 0.2) is 0 Å². The number of hydrogen-bond donors (Lipinski definition) is 2. The van der Waals surface area contributed by atoms with E-state index in [0.717, 1.165) is 6.42 Å². The number of para-hydroxylation sites is 1. The van der Waals surface area contributed by atoms with Gasteiger partial charge in [0.25, 0.3) is 5.69 Å². The molecular formula is C14H15ClN4O2. The van der Waals surface area contributed by atoms with Crippen molar-refractivity contribution in [1.29, 1.82) is 0 Å². The number of anilines is 3. The molecule has 2 N–H and O–H groups in total. The number of nitrogens with zero attached hydrogens (tertiary/aromatic N) is 2. The molecule has 6 nitrogen and oxygen atoms in total. The number of pyridine rings is 1. The smallest absolute Gasteiger partial charge is 0.276 e. The zero-order valence-corrected chi connectivity index (χ0v) is 12.2. The van der Waals surface area contributed by atoms with Crippen molar-refractivity contribution in [3.8, 4) is 0 Å². The second-order valence-corrected chi connectivity index (χ2v) is 4.79. The first-order valence-corrected chi connectivity index (χ1v) is 6.90. The molecule has 21 heavy (non-hydrogen) atoms. The third-order valence-electron chi connectivity index (χ3n) is 2.71. The summed E-state index contributed by atoms with van der Waals surface area (Å²) in [6, 6.07) is 9.93. The molecule has 110 valence electrons. The first kappa shape index (κ1) is 15.1. The monoisotopic (exact) mass is 306 g/mol. The van der Waals surface area contributed by atoms with Crippen LogP contribution in [0.2, 0.25) is 5.02 Å². The highest BCUT2D eigenvalue weighted by molar-refractivity contribution is 6.33. The molecule has 0 bridgehead atoms. The Balaban J connectivity index is 2.31. The van der Waals surface area contributed by atoms with Crippen LogP contribution in [-0.2, 0) is 0 Å². The number of aromatic nitrogens is 1. The summed E-state index contributed by atoms with van der Waals surface area (Å²) in [6.45, 7) is 2.70. The fourth-order valence-corrected chi connectivity index (χ4v) is 1.91. The highest BCUT2D eigenvalue weighted by Crippen LogP contribution is 2.27. The van der Waals surface area contributed by atoms with Gasteiger partial charge >= 0.3 is 0 Å². The number of nitro groups is 1. The molecule has 0 fully saturated rings. The standard InChI is InChI=1S/C14H15ClN4O2/c1-2-7-16-13-8-10(19(20)21)9-14(18-13)17-12-6-4-3-5-11(12)15/h3-6,8-9H,2,7H2,1H3,(H2,16,17,18). The maximum absolute atomic E-state index is 11.0. The van der Waals surface area contributed by atoms with Gasteiger partial charge in [0, 0.05) is 6.54 Å². The Morgan fingerprint density at radius 3 is 2.67 bits per heavy atom. The van der Waals surface area contributed by atoms with Crippen LogP contribution in [0.5, 0.6) is 0 Å². The van der Waals surface area contributed by atoms with Crippen LogP contribution in [0.4, 0.5) is 23.0 Å². The number of hydrogen-bond acceptors (Lipinski definition) is 5. The van der Waals surface area contributed by atoms with Crippen LogP contribution in [0.3, 0.4) is 0 Å². The van der Waals surface area contributed by atoms with Crippen LogP contribution >= 0.6 is 11.6 Å². The summed E-state index contributed by atoms with van der Waals surface area (Å²) in [6.07, 6.45) is 0.900. The molecule has 2 rings (SSSR count). The summed E-state index contributed by atoms with van der Waals surface area (Å²) in [5, 5.41) is 17.6. The van der Waals surface area contributed by atoms with Crippen molar-refractivity contribution in [3.05, 3.63) is 51.5 Å². The first-order chi connectivity index (χ1) is 10.1. The zero-order valence-electron chi connectivity index (χ0n) is 11.5. The van der Waals surface area contributed by atoms with Crippen molar-refractivity contribution in [2.45, 2.75) is 13.3 Å². The van der Waals surface area contributed by atoms with Gasteiger partial charge < -0.3 is 10.6 Å². The first-order valence-electron chi connectivity index (χ1n) is 6.52. The normalized spacial score (nSPS) is 10.2. The number of benzene rings is 1. The molecule has 7 heteroatoms. The molecule has 0 aliphatic carbocycles. The zero-order chi connectivity index (χ0) is 15.2. The predicted molar refractivity (Wildman–Crippen MR) is 84.4 cm³/mol. The molecular weight excluding hydrogens is 292 g/mol. The quantitative estimate of drug-likeness (QED) is 0.617. The molecule has 0 unspecified atom stereocenters. The van der Waals surface area contributed by atoms with Crippen LogP contribution < -0.4 is 10.6 Å². The Morgan fingerprint density at radius 2 is 2.00 bits per heavy atom. The molecule has 0 saturated carbocycles. The highest BCUT2D eigenvalue weighted by Gasteiger charge is 2.12. The number of nitrogens with one attached hydrogen (secondary N) is 2. The lowest BCUT2D eigenvalue weighted by molar-refractivity contribution is -0.384. The van der Waals surface area contributed by atoms with E-state index in [1.54, 1.807) is 12.1 Å². The van der Waals surface area contributed by atoms with Gasteiger partial charge in [-0.3, -0.25) is 10.1 Å². The van der Waals surface area contributed by atoms with E-state index >= 15 is 0 Å². The Labute approximate surface area is 127 Å². The van der Waals surface area contributed by atoms with E-state index in [1.807, 2.05) is 19.1 Å². The number of rotatable bonds is 6. The Hall–Kier alpha value is -2.34. The fraction of sp³-hybridized carbons (Fsp3) is 0.214. The van der Waals surface area contributed by atoms with E-state index in [-0.39, 0.29) is 5.69 Å². The third-order valence-corrected chi connectivity index (χ3v) is 3.04. The van der Waals surface area contributed by atoms with Gasteiger partial charge in [-0.15, -0.1) is 0 Å². The highest BCUT2D eigenvalue weighted by atomic mass is 35.5. The number of halogens is 1. The van der Waals surface area contributed by atoms with Gasteiger partial charge in [0.1, 0.15) is 11.6 Å². The van der Waals surface area contributed by atoms with Crippen molar-refractivity contribution in [2.75, 3.05) is 17.2 Å². The van der Waals surface area contributed by atoms with E-state index in [9.17, 15) is 10.1 Å². The average Bonchev–Trinajstić information content (AvgIpc) is 2.47. The van der Waals surface area contributed by atoms with Crippen LogP contribution in [-0.4, -0.2) is 16.5 Å². The molecule has 0 atom stereocenters. The molecule has 0 aliphatic rings. The van der Waals surface area contributed by atoms with Gasteiger partial charge in [-0.2, -0.15) is 0 Å². The van der Waals surface area contributed by atoms with E-state index < -0.39 is 4.92 Å². The van der Waals surface area contributed by atoms with Crippen molar-refractivity contribution < 1.29 is 4.92 Å². The Bertz CT molecular complexity index is 649. The minimum Gasteiger partial charge on any atom is -0.370 e. The second-order valence-electron chi connectivity index (χ2n) is 4.38. The average molecular weight is 307 g/mol.